The Hall–Kier alpha value is -1.06. The Kier molecular flexibility index (Phi) is 9.17. The van der Waals surface area contributed by atoms with E-state index >= 15 is 0 Å². The molecule has 1 aromatic carbocycles. The first-order valence-electron chi connectivity index (χ1n) is 8.56. The van der Waals surface area contributed by atoms with Gasteiger partial charge in [-0.15, -0.1) is 0 Å². The van der Waals surface area contributed by atoms with Crippen molar-refractivity contribution in [2.45, 2.75) is 51.9 Å². The molecule has 0 aliphatic carbocycles. The molecule has 0 atom stereocenters. The van der Waals surface area contributed by atoms with Gasteiger partial charge in [-0.05, 0) is 36.6 Å². The van der Waals surface area contributed by atoms with Gasteiger partial charge in [-0.3, -0.25) is 0 Å². The molecule has 1 rings (SSSR count). The minimum Gasteiger partial charge on any atom is -0.491 e. The molecule has 0 amide bonds. The van der Waals surface area contributed by atoms with Gasteiger partial charge in [-0.1, -0.05) is 52.2 Å². The van der Waals surface area contributed by atoms with Crippen LogP contribution in [0.1, 0.15) is 52.0 Å². The van der Waals surface area contributed by atoms with Gasteiger partial charge in [0, 0.05) is 6.54 Å². The fraction of sp³-hybridized carbons (Fsp3) is 0.684. The van der Waals surface area contributed by atoms with Gasteiger partial charge in [0.05, 0.1) is 13.2 Å². The molecule has 1 N–H and O–H groups in total. The molecule has 126 valence electrons. The van der Waals surface area contributed by atoms with Crippen LogP contribution in [0.4, 0.5) is 0 Å². The quantitative estimate of drug-likeness (QED) is 0.588. The zero-order chi connectivity index (χ0) is 16.3. The van der Waals surface area contributed by atoms with Crippen molar-refractivity contribution in [2.75, 3.05) is 33.4 Å². The summed E-state index contributed by atoms with van der Waals surface area (Å²) < 4.78 is 11.1. The van der Waals surface area contributed by atoms with Crippen LogP contribution >= 0.6 is 0 Å². The number of likely N-dealkylation sites (N-methyl/N-ethyl adjacent to an activating group) is 1. The minimum atomic E-state index is 0.240. The summed E-state index contributed by atoms with van der Waals surface area (Å²) in [7, 11) is 1.92. The standard InChI is InChI=1S/C19H33NO2/c1-5-6-7-12-19(2,3)17-8-10-18(11-9-17)22-16-15-21-14-13-20-4/h8-11,20H,5-7,12-16H2,1-4H3. The predicted octanol–water partition coefficient (Wildman–Crippen LogP) is 4.16. The third-order valence-corrected chi connectivity index (χ3v) is 4.03. The van der Waals surface area contributed by atoms with Crippen LogP contribution in [0.3, 0.4) is 0 Å². The van der Waals surface area contributed by atoms with E-state index < -0.39 is 0 Å². The molecule has 3 heteroatoms. The second-order valence-corrected chi connectivity index (χ2v) is 6.43. The van der Waals surface area contributed by atoms with Crippen molar-refractivity contribution in [1.29, 1.82) is 0 Å². The summed E-state index contributed by atoms with van der Waals surface area (Å²) in [5.41, 5.74) is 1.63. The number of rotatable bonds is 12. The lowest BCUT2D eigenvalue weighted by molar-refractivity contribution is 0.103. The lowest BCUT2D eigenvalue weighted by atomic mass is 9.80. The maximum atomic E-state index is 5.71. The predicted molar refractivity (Wildman–Crippen MR) is 93.9 cm³/mol. The lowest BCUT2D eigenvalue weighted by Crippen LogP contribution is -2.17. The first-order valence-corrected chi connectivity index (χ1v) is 8.56. The molecule has 0 radical (unpaired) electrons. The Morgan fingerprint density at radius 2 is 1.73 bits per heavy atom. The highest BCUT2D eigenvalue weighted by Crippen LogP contribution is 2.30. The summed E-state index contributed by atoms with van der Waals surface area (Å²) in [4.78, 5) is 0. The van der Waals surface area contributed by atoms with Gasteiger partial charge in [0.2, 0.25) is 0 Å². The zero-order valence-corrected chi connectivity index (χ0v) is 14.8. The minimum absolute atomic E-state index is 0.240. The molecule has 0 aliphatic rings. The van der Waals surface area contributed by atoms with Crippen LogP contribution in [0.2, 0.25) is 0 Å². The van der Waals surface area contributed by atoms with Gasteiger partial charge in [-0.2, -0.15) is 0 Å². The lowest BCUT2D eigenvalue weighted by Gasteiger charge is -2.25. The molecule has 3 nitrogen and oxygen atoms in total. The van der Waals surface area contributed by atoms with E-state index in [4.69, 9.17) is 9.47 Å². The van der Waals surface area contributed by atoms with Crippen LogP contribution in [0.5, 0.6) is 5.75 Å². The number of hydrogen-bond acceptors (Lipinski definition) is 3. The summed E-state index contributed by atoms with van der Waals surface area (Å²) in [6.45, 7) is 9.74. The molecule has 0 fully saturated rings. The molecule has 1 aromatic rings. The molecule has 0 aliphatic heterocycles. The van der Waals surface area contributed by atoms with Crippen molar-refractivity contribution in [3.63, 3.8) is 0 Å². The Morgan fingerprint density at radius 3 is 2.36 bits per heavy atom. The zero-order valence-electron chi connectivity index (χ0n) is 14.8. The number of nitrogens with one attached hydrogen (secondary N) is 1. The van der Waals surface area contributed by atoms with Crippen molar-refractivity contribution < 1.29 is 9.47 Å². The third-order valence-electron chi connectivity index (χ3n) is 4.03. The molecular weight excluding hydrogens is 274 g/mol. The highest BCUT2D eigenvalue weighted by Gasteiger charge is 2.19. The molecule has 22 heavy (non-hydrogen) atoms. The summed E-state index contributed by atoms with van der Waals surface area (Å²) in [5, 5.41) is 3.05. The van der Waals surface area contributed by atoms with E-state index in [-0.39, 0.29) is 5.41 Å². The Morgan fingerprint density at radius 1 is 1.00 bits per heavy atom. The fourth-order valence-corrected chi connectivity index (χ4v) is 2.46. The van der Waals surface area contributed by atoms with E-state index in [2.05, 4.69) is 50.4 Å². The molecule has 0 spiro atoms. The first-order chi connectivity index (χ1) is 10.6. The van der Waals surface area contributed by atoms with Crippen molar-refractivity contribution >= 4 is 0 Å². The van der Waals surface area contributed by atoms with Gasteiger partial charge in [0.15, 0.2) is 0 Å². The molecule has 0 aromatic heterocycles. The molecule has 0 bridgehead atoms. The van der Waals surface area contributed by atoms with Crippen LogP contribution in [-0.4, -0.2) is 33.4 Å². The second kappa shape index (κ2) is 10.6. The van der Waals surface area contributed by atoms with Crippen LogP contribution in [0.25, 0.3) is 0 Å². The molecule has 0 unspecified atom stereocenters. The topological polar surface area (TPSA) is 30.5 Å². The molecule has 0 saturated heterocycles. The van der Waals surface area contributed by atoms with Gasteiger partial charge in [0.1, 0.15) is 12.4 Å². The summed E-state index contributed by atoms with van der Waals surface area (Å²) >= 11 is 0. The number of hydrogen-bond donors (Lipinski definition) is 1. The summed E-state index contributed by atoms with van der Waals surface area (Å²) in [6.07, 6.45) is 5.13. The van der Waals surface area contributed by atoms with Crippen LogP contribution < -0.4 is 10.1 Å². The summed E-state index contributed by atoms with van der Waals surface area (Å²) in [5.74, 6) is 0.922. The van der Waals surface area contributed by atoms with E-state index in [1.165, 1.54) is 31.2 Å². The van der Waals surface area contributed by atoms with E-state index in [1.807, 2.05) is 7.05 Å². The van der Waals surface area contributed by atoms with Gasteiger partial charge in [0.25, 0.3) is 0 Å². The SMILES string of the molecule is CCCCCC(C)(C)c1ccc(OCCOCCNC)cc1. The largest absolute Gasteiger partial charge is 0.491 e. The van der Waals surface area contributed by atoms with E-state index in [9.17, 15) is 0 Å². The monoisotopic (exact) mass is 307 g/mol. The van der Waals surface area contributed by atoms with Crippen LogP contribution in [0, 0.1) is 0 Å². The number of unbranched alkanes of at least 4 members (excludes halogenated alkanes) is 2. The van der Waals surface area contributed by atoms with Crippen LogP contribution in [0.15, 0.2) is 24.3 Å². The average molecular weight is 307 g/mol. The molecular formula is C19H33NO2. The van der Waals surface area contributed by atoms with Crippen molar-refractivity contribution in [3.05, 3.63) is 29.8 Å². The maximum Gasteiger partial charge on any atom is 0.119 e. The molecule has 0 saturated carbocycles. The second-order valence-electron chi connectivity index (χ2n) is 6.43. The van der Waals surface area contributed by atoms with E-state index in [0.29, 0.717) is 13.2 Å². The van der Waals surface area contributed by atoms with Gasteiger partial charge < -0.3 is 14.8 Å². The molecule has 0 heterocycles. The number of benzene rings is 1. The van der Waals surface area contributed by atoms with Gasteiger partial charge >= 0.3 is 0 Å². The van der Waals surface area contributed by atoms with E-state index in [0.717, 1.165) is 18.9 Å². The highest BCUT2D eigenvalue weighted by molar-refractivity contribution is 5.31. The third kappa shape index (κ3) is 7.28. The van der Waals surface area contributed by atoms with Crippen molar-refractivity contribution in [1.82, 2.24) is 5.32 Å². The highest BCUT2D eigenvalue weighted by atomic mass is 16.5. The Labute approximate surface area is 136 Å². The smallest absolute Gasteiger partial charge is 0.119 e. The van der Waals surface area contributed by atoms with Crippen LogP contribution in [-0.2, 0) is 10.2 Å². The average Bonchev–Trinajstić information content (AvgIpc) is 2.51. The summed E-state index contributed by atoms with van der Waals surface area (Å²) in [6, 6.07) is 8.54. The normalized spacial score (nSPS) is 11.6. The first kappa shape index (κ1) is 19.0. The van der Waals surface area contributed by atoms with Crippen molar-refractivity contribution in [2.24, 2.45) is 0 Å². The Bertz CT molecular complexity index is 387. The fourth-order valence-electron chi connectivity index (χ4n) is 2.46. The number of ether oxygens (including phenoxy) is 2. The van der Waals surface area contributed by atoms with Crippen molar-refractivity contribution in [3.8, 4) is 5.75 Å². The van der Waals surface area contributed by atoms with E-state index in [1.54, 1.807) is 0 Å². The van der Waals surface area contributed by atoms with Gasteiger partial charge in [-0.25, -0.2) is 0 Å². The maximum absolute atomic E-state index is 5.71. The Balaban J connectivity index is 2.35.